The largest absolute Gasteiger partial charge is 0.372 e. The van der Waals surface area contributed by atoms with Gasteiger partial charge in [0.25, 0.3) is 5.91 Å². The molecule has 0 saturated carbocycles. The van der Waals surface area contributed by atoms with Gasteiger partial charge in [0.2, 0.25) is 0 Å². The number of nitrogens with zero attached hydrogens (tertiary/aromatic N) is 1. The third kappa shape index (κ3) is 3.47. The molecule has 0 radical (unpaired) electrons. The van der Waals surface area contributed by atoms with E-state index >= 15 is 0 Å². The van der Waals surface area contributed by atoms with Crippen LogP contribution in [0.3, 0.4) is 0 Å². The Hall–Kier alpha value is -1.10. The van der Waals surface area contributed by atoms with Crippen LogP contribution in [-0.4, -0.2) is 43.7 Å². The van der Waals surface area contributed by atoms with E-state index in [1.807, 2.05) is 24.3 Å². The third-order valence-corrected chi connectivity index (χ3v) is 3.57. The molecule has 0 aromatic heterocycles. The van der Waals surface area contributed by atoms with Gasteiger partial charge in [-0.15, -0.1) is 0 Å². The number of hydrogen-bond donors (Lipinski definition) is 0. The van der Waals surface area contributed by atoms with Crippen LogP contribution in [0.4, 0.5) is 0 Å². The SMILES string of the molecule is COC(C)C(=O)N1CCOC(c2ccc(Cl)cc2)C1. The van der Waals surface area contributed by atoms with Gasteiger partial charge in [-0.1, -0.05) is 23.7 Å². The van der Waals surface area contributed by atoms with Crippen molar-refractivity contribution in [1.82, 2.24) is 4.90 Å². The number of ether oxygens (including phenoxy) is 2. The Labute approximate surface area is 118 Å². The summed E-state index contributed by atoms with van der Waals surface area (Å²) >= 11 is 5.87. The summed E-state index contributed by atoms with van der Waals surface area (Å²) in [6.45, 7) is 3.45. The number of benzene rings is 1. The Morgan fingerprint density at radius 3 is 2.79 bits per heavy atom. The second-order valence-corrected chi connectivity index (χ2v) is 5.01. The molecule has 0 bridgehead atoms. The van der Waals surface area contributed by atoms with E-state index in [0.29, 0.717) is 24.7 Å². The zero-order valence-corrected chi connectivity index (χ0v) is 11.9. The van der Waals surface area contributed by atoms with E-state index in [1.165, 1.54) is 0 Å². The van der Waals surface area contributed by atoms with Gasteiger partial charge in [0.1, 0.15) is 12.2 Å². The second kappa shape index (κ2) is 6.37. The fraction of sp³-hybridized carbons (Fsp3) is 0.500. The molecule has 0 spiro atoms. The highest BCUT2D eigenvalue weighted by Gasteiger charge is 2.27. The summed E-state index contributed by atoms with van der Waals surface area (Å²) in [5, 5.41) is 0.695. The van der Waals surface area contributed by atoms with Crippen molar-refractivity contribution in [1.29, 1.82) is 0 Å². The monoisotopic (exact) mass is 283 g/mol. The highest BCUT2D eigenvalue weighted by Crippen LogP contribution is 2.24. The van der Waals surface area contributed by atoms with E-state index in [9.17, 15) is 4.79 Å². The van der Waals surface area contributed by atoms with Crippen molar-refractivity contribution in [3.63, 3.8) is 0 Å². The van der Waals surface area contributed by atoms with E-state index in [0.717, 1.165) is 5.56 Å². The molecule has 1 aromatic carbocycles. The third-order valence-electron chi connectivity index (χ3n) is 3.32. The number of rotatable bonds is 3. The standard InChI is InChI=1S/C14H18ClNO3/c1-10(18-2)14(17)16-7-8-19-13(9-16)11-3-5-12(15)6-4-11/h3-6,10,13H,7-9H2,1-2H3. The molecule has 4 nitrogen and oxygen atoms in total. The maximum atomic E-state index is 12.1. The van der Waals surface area contributed by atoms with Crippen LogP contribution in [0.25, 0.3) is 0 Å². The highest BCUT2D eigenvalue weighted by molar-refractivity contribution is 6.30. The molecule has 0 aliphatic carbocycles. The maximum Gasteiger partial charge on any atom is 0.251 e. The lowest BCUT2D eigenvalue weighted by molar-refractivity contribution is -0.148. The zero-order valence-electron chi connectivity index (χ0n) is 11.1. The van der Waals surface area contributed by atoms with Gasteiger partial charge in [-0.25, -0.2) is 0 Å². The van der Waals surface area contributed by atoms with Crippen LogP contribution < -0.4 is 0 Å². The summed E-state index contributed by atoms with van der Waals surface area (Å²) in [5.74, 6) is 0.00441. The molecule has 5 heteroatoms. The van der Waals surface area contributed by atoms with Crippen LogP contribution in [0.2, 0.25) is 5.02 Å². The van der Waals surface area contributed by atoms with E-state index in [4.69, 9.17) is 21.1 Å². The Morgan fingerprint density at radius 1 is 1.47 bits per heavy atom. The highest BCUT2D eigenvalue weighted by atomic mass is 35.5. The van der Waals surface area contributed by atoms with Crippen molar-refractivity contribution < 1.29 is 14.3 Å². The molecule has 19 heavy (non-hydrogen) atoms. The smallest absolute Gasteiger partial charge is 0.251 e. The fourth-order valence-electron chi connectivity index (χ4n) is 2.09. The fourth-order valence-corrected chi connectivity index (χ4v) is 2.21. The van der Waals surface area contributed by atoms with E-state index in [2.05, 4.69) is 0 Å². The minimum atomic E-state index is -0.413. The molecule has 2 rings (SSSR count). The Morgan fingerprint density at radius 2 is 2.16 bits per heavy atom. The predicted molar refractivity (Wildman–Crippen MR) is 73.2 cm³/mol. The molecule has 1 heterocycles. The summed E-state index contributed by atoms with van der Waals surface area (Å²) in [6, 6.07) is 7.53. The first-order valence-corrected chi connectivity index (χ1v) is 6.68. The Kier molecular flexibility index (Phi) is 4.80. The van der Waals surface area contributed by atoms with Gasteiger partial charge >= 0.3 is 0 Å². The van der Waals surface area contributed by atoms with Crippen molar-refractivity contribution in [2.45, 2.75) is 19.1 Å². The van der Waals surface area contributed by atoms with Crippen molar-refractivity contribution in [3.05, 3.63) is 34.9 Å². The number of morpholine rings is 1. The van der Waals surface area contributed by atoms with E-state index < -0.39 is 6.10 Å². The van der Waals surface area contributed by atoms with Gasteiger partial charge in [0, 0.05) is 18.7 Å². The molecule has 0 N–H and O–H groups in total. The van der Waals surface area contributed by atoms with E-state index in [-0.39, 0.29) is 12.0 Å². The van der Waals surface area contributed by atoms with Crippen molar-refractivity contribution in [2.75, 3.05) is 26.8 Å². The first-order chi connectivity index (χ1) is 9.11. The minimum absolute atomic E-state index is 0.00441. The zero-order chi connectivity index (χ0) is 13.8. The van der Waals surface area contributed by atoms with Gasteiger partial charge in [0.05, 0.1) is 13.2 Å². The van der Waals surface area contributed by atoms with Crippen LogP contribution >= 0.6 is 11.6 Å². The lowest BCUT2D eigenvalue weighted by Gasteiger charge is -2.34. The molecule has 2 atom stereocenters. The van der Waals surface area contributed by atoms with Crippen molar-refractivity contribution in [3.8, 4) is 0 Å². The molecule has 104 valence electrons. The Balaban J connectivity index is 2.04. The van der Waals surface area contributed by atoms with Crippen LogP contribution in [0.5, 0.6) is 0 Å². The first-order valence-electron chi connectivity index (χ1n) is 6.30. The van der Waals surface area contributed by atoms with Gasteiger partial charge in [0.15, 0.2) is 0 Å². The van der Waals surface area contributed by atoms with Crippen molar-refractivity contribution >= 4 is 17.5 Å². The van der Waals surface area contributed by atoms with Gasteiger partial charge in [-0.2, -0.15) is 0 Å². The number of carbonyl (C=O) groups excluding carboxylic acids is 1. The quantitative estimate of drug-likeness (QED) is 0.854. The summed E-state index contributed by atoms with van der Waals surface area (Å²) in [5.41, 5.74) is 1.03. The van der Waals surface area contributed by atoms with Gasteiger partial charge in [-0.05, 0) is 24.6 Å². The van der Waals surface area contributed by atoms with Crippen LogP contribution in [0.1, 0.15) is 18.6 Å². The first kappa shape index (κ1) is 14.3. The maximum absolute atomic E-state index is 12.1. The van der Waals surface area contributed by atoms with Crippen molar-refractivity contribution in [2.24, 2.45) is 0 Å². The molecule has 1 aliphatic rings. The van der Waals surface area contributed by atoms with Crippen LogP contribution in [0.15, 0.2) is 24.3 Å². The molecule has 1 aliphatic heterocycles. The lowest BCUT2D eigenvalue weighted by Crippen LogP contribution is -2.46. The molecule has 1 aromatic rings. The summed E-state index contributed by atoms with van der Waals surface area (Å²) in [7, 11) is 1.54. The summed E-state index contributed by atoms with van der Waals surface area (Å²) in [6.07, 6.45) is -0.511. The summed E-state index contributed by atoms with van der Waals surface area (Å²) in [4.78, 5) is 13.9. The molecule has 1 saturated heterocycles. The molecular formula is C14H18ClNO3. The normalized spacial score (nSPS) is 21.2. The summed E-state index contributed by atoms with van der Waals surface area (Å²) < 4.78 is 10.8. The molecular weight excluding hydrogens is 266 g/mol. The van der Waals surface area contributed by atoms with E-state index in [1.54, 1.807) is 18.9 Å². The number of hydrogen-bond acceptors (Lipinski definition) is 3. The van der Waals surface area contributed by atoms with Crippen LogP contribution in [-0.2, 0) is 14.3 Å². The predicted octanol–water partition coefficient (Wildman–Crippen LogP) is 2.27. The average molecular weight is 284 g/mol. The second-order valence-electron chi connectivity index (χ2n) is 4.57. The average Bonchev–Trinajstić information content (AvgIpc) is 2.46. The number of amides is 1. The number of carbonyl (C=O) groups is 1. The number of halogens is 1. The van der Waals surface area contributed by atoms with Gasteiger partial charge in [-0.3, -0.25) is 4.79 Å². The molecule has 1 amide bonds. The van der Waals surface area contributed by atoms with Crippen LogP contribution in [0, 0.1) is 0 Å². The lowest BCUT2D eigenvalue weighted by atomic mass is 10.1. The molecule has 2 unspecified atom stereocenters. The minimum Gasteiger partial charge on any atom is -0.372 e. The Bertz CT molecular complexity index is 435. The topological polar surface area (TPSA) is 38.8 Å². The van der Waals surface area contributed by atoms with Gasteiger partial charge < -0.3 is 14.4 Å². The molecule has 1 fully saturated rings. The number of methoxy groups -OCH3 is 1.